The van der Waals surface area contributed by atoms with Gasteiger partial charge in [0.1, 0.15) is 10.3 Å². The summed E-state index contributed by atoms with van der Waals surface area (Å²) >= 11 is 6.79. The number of rotatable bonds is 1. The van der Waals surface area contributed by atoms with Gasteiger partial charge in [0.25, 0.3) is 0 Å². The fraction of sp³-hybridized carbons (Fsp3) is 0.125. The van der Waals surface area contributed by atoms with E-state index in [1.54, 1.807) is 13.3 Å². The van der Waals surface area contributed by atoms with Crippen LogP contribution in [0.4, 0.5) is 0 Å². The van der Waals surface area contributed by atoms with Crippen molar-refractivity contribution in [3.8, 4) is 5.88 Å². The van der Waals surface area contributed by atoms with Crippen molar-refractivity contribution in [1.82, 2.24) is 9.38 Å². The molecule has 0 aliphatic rings. The molecule has 2 rings (SSSR count). The average Bonchev–Trinajstić information content (AvgIpc) is 2.49. The molecule has 0 unspecified atom stereocenters. The fourth-order valence-electron chi connectivity index (χ4n) is 1.18. The van der Waals surface area contributed by atoms with E-state index >= 15 is 0 Å². The maximum atomic E-state index is 5.24. The lowest BCUT2D eigenvalue weighted by atomic mass is 10.4. The maximum absolute atomic E-state index is 5.24. The summed E-state index contributed by atoms with van der Waals surface area (Å²) in [7, 11) is 1.63. The normalized spacial score (nSPS) is 10.7. The molecule has 0 radical (unpaired) electrons. The molecule has 68 valence electrons. The van der Waals surface area contributed by atoms with Crippen LogP contribution in [-0.4, -0.2) is 16.5 Å². The largest absolute Gasteiger partial charge is 0.481 e. The first-order valence-electron chi connectivity index (χ1n) is 3.59. The first kappa shape index (κ1) is 9.02. The molecular formula is C8H6Br2N2O. The minimum Gasteiger partial charge on any atom is -0.481 e. The third kappa shape index (κ3) is 1.36. The molecule has 0 aromatic carbocycles. The summed E-state index contributed by atoms with van der Waals surface area (Å²) in [5.74, 6) is 0.738. The molecule has 0 bridgehead atoms. The molecule has 0 amide bonds. The number of ether oxygens (including phenoxy) is 1. The summed E-state index contributed by atoms with van der Waals surface area (Å²) in [6.45, 7) is 0. The molecule has 0 fully saturated rings. The van der Waals surface area contributed by atoms with Crippen LogP contribution in [-0.2, 0) is 0 Å². The molecule has 2 aromatic heterocycles. The zero-order valence-electron chi connectivity index (χ0n) is 6.79. The monoisotopic (exact) mass is 304 g/mol. The first-order chi connectivity index (χ1) is 6.24. The minimum absolute atomic E-state index is 0.738. The van der Waals surface area contributed by atoms with Crippen LogP contribution in [0, 0.1) is 0 Å². The van der Waals surface area contributed by atoms with Crippen molar-refractivity contribution in [1.29, 1.82) is 0 Å². The Morgan fingerprint density at radius 2 is 2.15 bits per heavy atom. The summed E-state index contributed by atoms with van der Waals surface area (Å²) in [5, 5.41) is 0. The van der Waals surface area contributed by atoms with Gasteiger partial charge in [-0.2, -0.15) is 0 Å². The number of hydrogen-bond acceptors (Lipinski definition) is 2. The van der Waals surface area contributed by atoms with E-state index in [0.717, 1.165) is 20.6 Å². The van der Waals surface area contributed by atoms with E-state index < -0.39 is 0 Å². The molecule has 0 spiro atoms. The number of fused-ring (bicyclic) bond motifs is 1. The Morgan fingerprint density at radius 3 is 2.85 bits per heavy atom. The molecule has 2 heterocycles. The van der Waals surface area contributed by atoms with Gasteiger partial charge in [0.2, 0.25) is 5.88 Å². The third-order valence-corrected chi connectivity index (χ3v) is 2.89. The van der Waals surface area contributed by atoms with Crippen molar-refractivity contribution < 1.29 is 4.74 Å². The molecule has 13 heavy (non-hydrogen) atoms. The van der Waals surface area contributed by atoms with E-state index in [4.69, 9.17) is 4.74 Å². The minimum atomic E-state index is 0.738. The molecule has 2 aromatic rings. The second kappa shape index (κ2) is 3.31. The van der Waals surface area contributed by atoms with Gasteiger partial charge in [-0.05, 0) is 44.0 Å². The van der Waals surface area contributed by atoms with Crippen molar-refractivity contribution in [2.75, 3.05) is 7.11 Å². The molecule has 0 atom stereocenters. The Bertz CT molecular complexity index is 453. The van der Waals surface area contributed by atoms with Crippen LogP contribution in [0.1, 0.15) is 0 Å². The maximum Gasteiger partial charge on any atom is 0.214 e. The number of aromatic nitrogens is 2. The summed E-state index contributed by atoms with van der Waals surface area (Å²) < 4.78 is 8.90. The Hall–Kier alpha value is -0.550. The van der Waals surface area contributed by atoms with Gasteiger partial charge in [-0.1, -0.05) is 0 Å². The lowest BCUT2D eigenvalue weighted by molar-refractivity contribution is 0.388. The third-order valence-electron chi connectivity index (χ3n) is 1.73. The van der Waals surface area contributed by atoms with Crippen molar-refractivity contribution in [3.63, 3.8) is 0 Å². The van der Waals surface area contributed by atoms with Crippen LogP contribution in [0.2, 0.25) is 0 Å². The van der Waals surface area contributed by atoms with E-state index in [1.807, 2.05) is 16.5 Å². The standard InChI is InChI=1S/C8H6Br2N2O/c1-13-8-5(9)2-3-7-11-4-6(10)12(7)8/h2-4H,1H3. The van der Waals surface area contributed by atoms with Gasteiger partial charge >= 0.3 is 0 Å². The van der Waals surface area contributed by atoms with Gasteiger partial charge in [0.15, 0.2) is 0 Å². The second-order valence-electron chi connectivity index (χ2n) is 2.47. The van der Waals surface area contributed by atoms with Gasteiger partial charge in [0, 0.05) is 0 Å². The summed E-state index contributed by atoms with van der Waals surface area (Å²) in [6, 6.07) is 3.82. The van der Waals surface area contributed by atoms with Gasteiger partial charge in [0.05, 0.1) is 17.8 Å². The first-order valence-corrected chi connectivity index (χ1v) is 5.18. The van der Waals surface area contributed by atoms with Crippen molar-refractivity contribution in [2.45, 2.75) is 0 Å². The number of imidazole rings is 1. The number of methoxy groups -OCH3 is 1. The van der Waals surface area contributed by atoms with E-state index in [-0.39, 0.29) is 0 Å². The van der Waals surface area contributed by atoms with Crippen molar-refractivity contribution >= 4 is 37.5 Å². The van der Waals surface area contributed by atoms with Crippen molar-refractivity contribution in [2.24, 2.45) is 0 Å². The van der Waals surface area contributed by atoms with Gasteiger partial charge in [-0.3, -0.25) is 4.40 Å². The smallest absolute Gasteiger partial charge is 0.214 e. The Balaban J connectivity index is 2.88. The molecule has 0 saturated carbocycles. The summed E-state index contributed by atoms with van der Waals surface area (Å²) in [5.41, 5.74) is 0.854. The van der Waals surface area contributed by atoms with Gasteiger partial charge < -0.3 is 4.74 Å². The number of nitrogens with zero attached hydrogens (tertiary/aromatic N) is 2. The predicted octanol–water partition coefficient (Wildman–Crippen LogP) is 2.87. The molecule has 5 heteroatoms. The second-order valence-corrected chi connectivity index (χ2v) is 4.13. The molecule has 0 aliphatic carbocycles. The fourth-order valence-corrected chi connectivity index (χ4v) is 2.09. The van der Waals surface area contributed by atoms with E-state index in [2.05, 4.69) is 36.8 Å². The lowest BCUT2D eigenvalue weighted by Gasteiger charge is -2.06. The van der Waals surface area contributed by atoms with E-state index in [9.17, 15) is 0 Å². The van der Waals surface area contributed by atoms with Gasteiger partial charge in [-0.25, -0.2) is 4.98 Å². The zero-order chi connectivity index (χ0) is 9.42. The zero-order valence-corrected chi connectivity index (χ0v) is 9.96. The highest BCUT2D eigenvalue weighted by Gasteiger charge is 2.08. The number of halogens is 2. The van der Waals surface area contributed by atoms with Crippen LogP contribution < -0.4 is 4.74 Å². The molecular weight excluding hydrogens is 300 g/mol. The average molecular weight is 306 g/mol. The number of hydrogen-bond donors (Lipinski definition) is 0. The Kier molecular flexibility index (Phi) is 2.29. The summed E-state index contributed by atoms with van der Waals surface area (Å²) in [4.78, 5) is 4.18. The molecule has 0 N–H and O–H groups in total. The van der Waals surface area contributed by atoms with Crippen LogP contribution in [0.3, 0.4) is 0 Å². The molecule has 3 nitrogen and oxygen atoms in total. The quantitative estimate of drug-likeness (QED) is 0.810. The topological polar surface area (TPSA) is 26.5 Å². The van der Waals surface area contributed by atoms with Crippen molar-refractivity contribution in [3.05, 3.63) is 27.4 Å². The Labute approximate surface area is 92.0 Å². The van der Waals surface area contributed by atoms with E-state index in [0.29, 0.717) is 0 Å². The highest BCUT2D eigenvalue weighted by Crippen LogP contribution is 2.28. The van der Waals surface area contributed by atoms with Crippen LogP contribution in [0.25, 0.3) is 5.65 Å². The van der Waals surface area contributed by atoms with Gasteiger partial charge in [-0.15, -0.1) is 0 Å². The van der Waals surface area contributed by atoms with Crippen LogP contribution in [0.15, 0.2) is 27.4 Å². The predicted molar refractivity (Wildman–Crippen MR) is 57.1 cm³/mol. The molecule has 0 aliphatic heterocycles. The van der Waals surface area contributed by atoms with E-state index in [1.165, 1.54) is 0 Å². The Morgan fingerprint density at radius 1 is 1.38 bits per heavy atom. The highest BCUT2D eigenvalue weighted by atomic mass is 79.9. The molecule has 0 saturated heterocycles. The van der Waals surface area contributed by atoms with Crippen LogP contribution in [0.5, 0.6) is 5.88 Å². The lowest BCUT2D eigenvalue weighted by Crippen LogP contribution is -1.94. The highest BCUT2D eigenvalue weighted by molar-refractivity contribution is 9.10. The van der Waals surface area contributed by atoms with Crippen LogP contribution >= 0.6 is 31.9 Å². The number of pyridine rings is 1. The SMILES string of the molecule is COc1c(Br)ccc2ncc(Br)n12. The summed E-state index contributed by atoms with van der Waals surface area (Å²) in [6.07, 6.45) is 1.74.